The van der Waals surface area contributed by atoms with E-state index in [4.69, 9.17) is 16.9 Å². The van der Waals surface area contributed by atoms with Gasteiger partial charge in [-0.1, -0.05) is 18.0 Å². The summed E-state index contributed by atoms with van der Waals surface area (Å²) in [6, 6.07) is 7.33. The normalized spacial score (nSPS) is 23.4. The summed E-state index contributed by atoms with van der Waals surface area (Å²) in [5.74, 6) is 0.289. The van der Waals surface area contributed by atoms with Crippen molar-refractivity contribution < 1.29 is 5.11 Å². The Hall–Kier alpha value is -1.24. The highest BCUT2D eigenvalue weighted by molar-refractivity contribution is 6.30. The molecule has 2 rings (SSSR count). The minimum absolute atomic E-state index is 0.208. The van der Waals surface area contributed by atoms with Gasteiger partial charge < -0.3 is 10.4 Å². The third kappa shape index (κ3) is 2.91. The van der Waals surface area contributed by atoms with Crippen LogP contribution in [0.25, 0.3) is 0 Å². The van der Waals surface area contributed by atoms with Gasteiger partial charge in [0, 0.05) is 17.5 Å². The van der Waals surface area contributed by atoms with Gasteiger partial charge >= 0.3 is 0 Å². The highest BCUT2D eigenvalue weighted by Crippen LogP contribution is 2.27. The maximum Gasteiger partial charge on any atom is 0.101 e. The molecule has 0 aromatic heterocycles. The maximum atomic E-state index is 9.71. The molecule has 1 fully saturated rings. The Labute approximate surface area is 106 Å². The first kappa shape index (κ1) is 12.2. The Kier molecular flexibility index (Phi) is 3.88. The van der Waals surface area contributed by atoms with Crippen molar-refractivity contribution in [3.8, 4) is 6.07 Å². The van der Waals surface area contributed by atoms with Crippen LogP contribution in [0.2, 0.25) is 5.02 Å². The molecule has 3 nitrogen and oxygen atoms in total. The van der Waals surface area contributed by atoms with Gasteiger partial charge in [-0.2, -0.15) is 5.26 Å². The van der Waals surface area contributed by atoms with Gasteiger partial charge in [0.05, 0.1) is 17.4 Å². The Balaban J connectivity index is 2.01. The van der Waals surface area contributed by atoms with E-state index in [1.54, 1.807) is 12.1 Å². The number of hydrogen-bond acceptors (Lipinski definition) is 3. The van der Waals surface area contributed by atoms with Crippen molar-refractivity contribution in [1.29, 1.82) is 5.26 Å². The predicted octanol–water partition coefficient (Wildman–Crippen LogP) is 2.78. The summed E-state index contributed by atoms with van der Waals surface area (Å²) in [7, 11) is 0. The van der Waals surface area contributed by atoms with Gasteiger partial charge in [-0.25, -0.2) is 0 Å². The molecule has 0 aliphatic heterocycles. The zero-order chi connectivity index (χ0) is 12.3. The summed E-state index contributed by atoms with van der Waals surface area (Å²) in [6.07, 6.45) is 2.81. The van der Waals surface area contributed by atoms with Crippen molar-refractivity contribution in [1.82, 2.24) is 0 Å². The summed E-state index contributed by atoms with van der Waals surface area (Å²) in [6.45, 7) is 0.706. The average molecular weight is 251 g/mol. The second-order valence-corrected chi connectivity index (χ2v) is 4.88. The highest BCUT2D eigenvalue weighted by Gasteiger charge is 2.24. The summed E-state index contributed by atoms with van der Waals surface area (Å²) >= 11 is 5.83. The van der Waals surface area contributed by atoms with Crippen LogP contribution in [-0.4, -0.2) is 17.8 Å². The van der Waals surface area contributed by atoms with Crippen molar-refractivity contribution >= 4 is 17.3 Å². The minimum Gasteiger partial charge on any atom is -0.393 e. The predicted molar refractivity (Wildman–Crippen MR) is 68.0 cm³/mol. The molecule has 2 N–H and O–H groups in total. The number of nitrogens with one attached hydrogen (secondary N) is 1. The van der Waals surface area contributed by atoms with Crippen LogP contribution in [0.5, 0.6) is 0 Å². The lowest BCUT2D eigenvalue weighted by Gasteiger charge is -2.16. The molecular formula is C13H15ClN2O. The fraction of sp³-hybridized carbons (Fsp3) is 0.462. The topological polar surface area (TPSA) is 56.0 Å². The van der Waals surface area contributed by atoms with E-state index in [-0.39, 0.29) is 12.0 Å². The number of nitriles is 1. The van der Waals surface area contributed by atoms with Gasteiger partial charge in [0.2, 0.25) is 0 Å². The standard InChI is InChI=1S/C13H15ClN2O/c14-11-4-5-12(10(6-11)7-15)16-8-9-2-1-3-13(9)17/h4-6,9,13,16-17H,1-3,8H2. The molecule has 1 aliphatic carbocycles. The van der Waals surface area contributed by atoms with Crippen LogP contribution in [0.15, 0.2) is 18.2 Å². The number of benzene rings is 1. The van der Waals surface area contributed by atoms with Crippen LogP contribution < -0.4 is 5.32 Å². The van der Waals surface area contributed by atoms with Crippen LogP contribution in [0, 0.1) is 17.2 Å². The lowest BCUT2D eigenvalue weighted by atomic mass is 10.1. The first-order chi connectivity index (χ1) is 8.20. The fourth-order valence-electron chi connectivity index (χ4n) is 2.26. The van der Waals surface area contributed by atoms with E-state index >= 15 is 0 Å². The summed E-state index contributed by atoms with van der Waals surface area (Å²) in [4.78, 5) is 0. The van der Waals surface area contributed by atoms with Crippen LogP contribution in [0.1, 0.15) is 24.8 Å². The van der Waals surface area contributed by atoms with Crippen LogP contribution in [-0.2, 0) is 0 Å². The van der Waals surface area contributed by atoms with E-state index in [1.807, 2.05) is 6.07 Å². The van der Waals surface area contributed by atoms with Crippen LogP contribution in [0.4, 0.5) is 5.69 Å². The van der Waals surface area contributed by atoms with Crippen molar-refractivity contribution in [2.45, 2.75) is 25.4 Å². The van der Waals surface area contributed by atoms with Gasteiger partial charge in [-0.15, -0.1) is 0 Å². The smallest absolute Gasteiger partial charge is 0.101 e. The first-order valence-electron chi connectivity index (χ1n) is 5.82. The average Bonchev–Trinajstić information content (AvgIpc) is 2.73. The molecule has 0 spiro atoms. The molecule has 1 aromatic carbocycles. The van der Waals surface area contributed by atoms with E-state index in [0.717, 1.165) is 24.9 Å². The molecule has 2 unspecified atom stereocenters. The molecule has 17 heavy (non-hydrogen) atoms. The SMILES string of the molecule is N#Cc1cc(Cl)ccc1NCC1CCCC1O. The number of rotatable bonds is 3. The minimum atomic E-state index is -0.208. The summed E-state index contributed by atoms with van der Waals surface area (Å²) < 4.78 is 0. The van der Waals surface area contributed by atoms with E-state index < -0.39 is 0 Å². The highest BCUT2D eigenvalue weighted by atomic mass is 35.5. The fourth-order valence-corrected chi connectivity index (χ4v) is 2.43. The Morgan fingerprint density at radius 1 is 1.47 bits per heavy atom. The quantitative estimate of drug-likeness (QED) is 0.867. The van der Waals surface area contributed by atoms with Gasteiger partial charge in [-0.05, 0) is 31.0 Å². The Morgan fingerprint density at radius 3 is 2.94 bits per heavy atom. The maximum absolute atomic E-state index is 9.71. The molecule has 1 aromatic rings. The molecule has 1 saturated carbocycles. The molecule has 0 heterocycles. The van der Waals surface area contributed by atoms with E-state index in [2.05, 4.69) is 11.4 Å². The second-order valence-electron chi connectivity index (χ2n) is 4.44. The third-order valence-electron chi connectivity index (χ3n) is 3.28. The molecule has 0 saturated heterocycles. The lowest BCUT2D eigenvalue weighted by molar-refractivity contribution is 0.138. The third-order valence-corrected chi connectivity index (χ3v) is 3.51. The van der Waals surface area contributed by atoms with Gasteiger partial charge in [0.1, 0.15) is 6.07 Å². The molecule has 0 bridgehead atoms. The number of halogens is 1. The van der Waals surface area contributed by atoms with Crippen LogP contribution in [0.3, 0.4) is 0 Å². The Bertz CT molecular complexity index is 442. The largest absolute Gasteiger partial charge is 0.393 e. The summed E-state index contributed by atoms with van der Waals surface area (Å²) in [5.41, 5.74) is 1.33. The zero-order valence-electron chi connectivity index (χ0n) is 9.49. The van der Waals surface area contributed by atoms with E-state index in [1.165, 1.54) is 0 Å². The van der Waals surface area contributed by atoms with Crippen molar-refractivity contribution in [3.63, 3.8) is 0 Å². The zero-order valence-corrected chi connectivity index (χ0v) is 10.2. The monoisotopic (exact) mass is 250 g/mol. The number of aliphatic hydroxyl groups excluding tert-OH is 1. The molecule has 1 aliphatic rings. The molecule has 4 heteroatoms. The number of hydrogen-bond donors (Lipinski definition) is 2. The van der Waals surface area contributed by atoms with Gasteiger partial charge in [0.15, 0.2) is 0 Å². The first-order valence-corrected chi connectivity index (χ1v) is 6.20. The van der Waals surface area contributed by atoms with Crippen LogP contribution >= 0.6 is 11.6 Å². The number of aliphatic hydroxyl groups is 1. The van der Waals surface area contributed by atoms with Crippen molar-refractivity contribution in [2.24, 2.45) is 5.92 Å². The van der Waals surface area contributed by atoms with E-state index in [9.17, 15) is 5.11 Å². The summed E-state index contributed by atoms with van der Waals surface area (Å²) in [5, 5.41) is 22.5. The van der Waals surface area contributed by atoms with Crippen molar-refractivity contribution in [3.05, 3.63) is 28.8 Å². The molecule has 2 atom stereocenters. The lowest BCUT2D eigenvalue weighted by Crippen LogP contribution is -2.22. The number of nitrogens with zero attached hydrogens (tertiary/aromatic N) is 1. The number of anilines is 1. The van der Waals surface area contributed by atoms with Gasteiger partial charge in [0.25, 0.3) is 0 Å². The van der Waals surface area contributed by atoms with Crippen molar-refractivity contribution in [2.75, 3.05) is 11.9 Å². The Morgan fingerprint density at radius 2 is 2.29 bits per heavy atom. The molecular weight excluding hydrogens is 236 g/mol. The molecule has 0 radical (unpaired) electrons. The molecule has 0 amide bonds. The molecule has 90 valence electrons. The van der Waals surface area contributed by atoms with Gasteiger partial charge in [-0.3, -0.25) is 0 Å². The van der Waals surface area contributed by atoms with E-state index in [0.29, 0.717) is 17.1 Å². The second kappa shape index (κ2) is 5.39.